The lowest BCUT2D eigenvalue weighted by atomic mass is 9.99. The Labute approximate surface area is 110 Å². The molecule has 0 bridgehead atoms. The van der Waals surface area contributed by atoms with Gasteiger partial charge in [0, 0.05) is 29.0 Å². The second-order valence-electron chi connectivity index (χ2n) is 4.14. The van der Waals surface area contributed by atoms with Crippen LogP contribution in [-0.4, -0.2) is 4.98 Å². The molecule has 1 heterocycles. The zero-order chi connectivity index (χ0) is 12.5. The van der Waals surface area contributed by atoms with Gasteiger partial charge in [0.1, 0.15) is 0 Å². The van der Waals surface area contributed by atoms with Crippen molar-refractivity contribution in [2.24, 2.45) is 0 Å². The number of pyridine rings is 1. The van der Waals surface area contributed by atoms with Crippen molar-refractivity contribution < 1.29 is 0 Å². The Hall–Kier alpha value is -2.06. The minimum atomic E-state index is 0.666. The first-order valence-electron chi connectivity index (χ1n) is 5.64. The van der Waals surface area contributed by atoms with E-state index < -0.39 is 0 Å². The molecule has 1 aromatic heterocycles. The normalized spacial score (nSPS) is 10.7. The van der Waals surface area contributed by atoms with Gasteiger partial charge in [0.25, 0.3) is 0 Å². The molecule has 0 unspecified atom stereocenters. The van der Waals surface area contributed by atoms with Crippen molar-refractivity contribution in [3.63, 3.8) is 0 Å². The van der Waals surface area contributed by atoms with Crippen molar-refractivity contribution in [1.29, 1.82) is 0 Å². The van der Waals surface area contributed by atoms with Crippen molar-refractivity contribution in [2.75, 3.05) is 5.73 Å². The van der Waals surface area contributed by atoms with E-state index in [0.29, 0.717) is 10.7 Å². The number of nitrogens with two attached hydrogens (primary N) is 1. The highest BCUT2D eigenvalue weighted by atomic mass is 35.5. The van der Waals surface area contributed by atoms with Crippen molar-refractivity contribution in [3.8, 4) is 11.1 Å². The zero-order valence-electron chi connectivity index (χ0n) is 9.60. The third-order valence-electron chi connectivity index (χ3n) is 2.96. The fourth-order valence-corrected chi connectivity index (χ4v) is 2.40. The summed E-state index contributed by atoms with van der Waals surface area (Å²) in [7, 11) is 0. The summed E-state index contributed by atoms with van der Waals surface area (Å²) in [4.78, 5) is 4.13. The monoisotopic (exact) mass is 254 g/mol. The number of hydrogen-bond donors (Lipinski definition) is 1. The summed E-state index contributed by atoms with van der Waals surface area (Å²) in [6.07, 6.45) is 3.64. The zero-order valence-corrected chi connectivity index (χ0v) is 10.4. The third kappa shape index (κ3) is 1.81. The summed E-state index contributed by atoms with van der Waals surface area (Å²) in [6.45, 7) is 0. The number of nitrogens with zero attached hydrogens (tertiary/aromatic N) is 1. The molecule has 0 amide bonds. The SMILES string of the molecule is Nc1ccc(-c2cccc3cnccc23)c(Cl)c1. The lowest BCUT2D eigenvalue weighted by Crippen LogP contribution is -1.87. The van der Waals surface area contributed by atoms with Crippen LogP contribution in [0, 0.1) is 0 Å². The molecule has 0 fully saturated rings. The van der Waals surface area contributed by atoms with E-state index in [1.54, 1.807) is 12.3 Å². The topological polar surface area (TPSA) is 38.9 Å². The molecule has 0 saturated heterocycles. The second-order valence-corrected chi connectivity index (χ2v) is 4.55. The molecule has 3 rings (SSSR count). The molecule has 0 saturated carbocycles. The van der Waals surface area contributed by atoms with Crippen molar-refractivity contribution >= 4 is 28.1 Å². The van der Waals surface area contributed by atoms with Gasteiger partial charge in [-0.05, 0) is 29.1 Å². The molecular formula is C15H11ClN2. The Morgan fingerprint density at radius 3 is 2.72 bits per heavy atom. The minimum Gasteiger partial charge on any atom is -0.399 e. The van der Waals surface area contributed by atoms with Gasteiger partial charge in [0.15, 0.2) is 0 Å². The smallest absolute Gasteiger partial charge is 0.0505 e. The summed E-state index contributed by atoms with van der Waals surface area (Å²) in [6, 6.07) is 13.7. The number of anilines is 1. The molecule has 0 aliphatic carbocycles. The van der Waals surface area contributed by atoms with Gasteiger partial charge in [-0.15, -0.1) is 0 Å². The highest BCUT2D eigenvalue weighted by Crippen LogP contribution is 2.34. The van der Waals surface area contributed by atoms with Gasteiger partial charge in [-0.25, -0.2) is 0 Å². The van der Waals surface area contributed by atoms with Crippen LogP contribution >= 0.6 is 11.6 Å². The van der Waals surface area contributed by atoms with Crippen LogP contribution in [0.5, 0.6) is 0 Å². The molecule has 2 N–H and O–H groups in total. The van der Waals surface area contributed by atoms with E-state index in [0.717, 1.165) is 21.9 Å². The summed E-state index contributed by atoms with van der Waals surface area (Å²) in [5.41, 5.74) is 8.48. The molecule has 0 radical (unpaired) electrons. The standard InChI is InChI=1S/C15H11ClN2/c16-15-8-11(17)4-5-14(15)13-3-1-2-10-9-18-7-6-12(10)13/h1-9H,17H2. The van der Waals surface area contributed by atoms with Gasteiger partial charge in [-0.2, -0.15) is 0 Å². The predicted octanol–water partition coefficient (Wildman–Crippen LogP) is 4.14. The summed E-state index contributed by atoms with van der Waals surface area (Å²) >= 11 is 6.27. The fraction of sp³-hybridized carbons (Fsp3) is 0. The second kappa shape index (κ2) is 4.31. The molecule has 0 atom stereocenters. The largest absolute Gasteiger partial charge is 0.399 e. The maximum Gasteiger partial charge on any atom is 0.0505 e. The highest BCUT2D eigenvalue weighted by molar-refractivity contribution is 6.34. The Bertz CT molecular complexity index is 717. The van der Waals surface area contributed by atoms with Gasteiger partial charge >= 0.3 is 0 Å². The minimum absolute atomic E-state index is 0.666. The molecule has 3 aromatic rings. The van der Waals surface area contributed by atoms with Crippen LogP contribution in [0.2, 0.25) is 5.02 Å². The number of fused-ring (bicyclic) bond motifs is 1. The summed E-state index contributed by atoms with van der Waals surface area (Å²) in [5, 5.41) is 2.90. The lowest BCUT2D eigenvalue weighted by Gasteiger charge is -2.09. The summed E-state index contributed by atoms with van der Waals surface area (Å²) in [5.74, 6) is 0. The van der Waals surface area contributed by atoms with Gasteiger partial charge in [0.05, 0.1) is 5.02 Å². The lowest BCUT2D eigenvalue weighted by molar-refractivity contribution is 1.36. The number of rotatable bonds is 1. The van der Waals surface area contributed by atoms with E-state index in [1.165, 1.54) is 0 Å². The van der Waals surface area contributed by atoms with Gasteiger partial charge in [-0.3, -0.25) is 4.98 Å². The maximum atomic E-state index is 6.27. The average Bonchev–Trinajstić information content (AvgIpc) is 2.38. The van der Waals surface area contributed by atoms with Crippen LogP contribution < -0.4 is 5.73 Å². The fourth-order valence-electron chi connectivity index (χ4n) is 2.11. The van der Waals surface area contributed by atoms with Crippen LogP contribution in [0.4, 0.5) is 5.69 Å². The van der Waals surface area contributed by atoms with E-state index >= 15 is 0 Å². The van der Waals surface area contributed by atoms with E-state index in [-0.39, 0.29) is 0 Å². The van der Waals surface area contributed by atoms with Crippen molar-refractivity contribution in [1.82, 2.24) is 4.98 Å². The molecule has 0 aliphatic rings. The van der Waals surface area contributed by atoms with E-state index in [2.05, 4.69) is 11.1 Å². The number of nitrogen functional groups attached to an aromatic ring is 1. The molecule has 3 heteroatoms. The first kappa shape index (κ1) is 11.1. The number of aromatic nitrogens is 1. The molecule has 2 aromatic carbocycles. The average molecular weight is 255 g/mol. The molecule has 88 valence electrons. The Balaban J connectivity index is 2.31. The Morgan fingerprint density at radius 1 is 1.00 bits per heavy atom. The molecule has 0 spiro atoms. The Morgan fingerprint density at radius 2 is 1.89 bits per heavy atom. The van der Waals surface area contributed by atoms with Crippen LogP contribution in [0.3, 0.4) is 0 Å². The van der Waals surface area contributed by atoms with E-state index in [9.17, 15) is 0 Å². The quantitative estimate of drug-likeness (QED) is 0.663. The molecule has 0 aliphatic heterocycles. The molecule has 18 heavy (non-hydrogen) atoms. The van der Waals surface area contributed by atoms with Crippen molar-refractivity contribution in [3.05, 3.63) is 59.9 Å². The van der Waals surface area contributed by atoms with Crippen LogP contribution in [0.15, 0.2) is 54.9 Å². The highest BCUT2D eigenvalue weighted by Gasteiger charge is 2.07. The van der Waals surface area contributed by atoms with Gasteiger partial charge in [0.2, 0.25) is 0 Å². The van der Waals surface area contributed by atoms with Crippen LogP contribution in [-0.2, 0) is 0 Å². The first-order valence-corrected chi connectivity index (χ1v) is 6.01. The maximum absolute atomic E-state index is 6.27. The van der Waals surface area contributed by atoms with Crippen LogP contribution in [0.1, 0.15) is 0 Å². The third-order valence-corrected chi connectivity index (χ3v) is 3.28. The van der Waals surface area contributed by atoms with E-state index in [1.807, 2.05) is 36.5 Å². The Kier molecular flexibility index (Phi) is 2.65. The van der Waals surface area contributed by atoms with Gasteiger partial charge in [-0.1, -0.05) is 35.9 Å². The first-order chi connectivity index (χ1) is 8.75. The number of halogens is 1. The predicted molar refractivity (Wildman–Crippen MR) is 76.6 cm³/mol. The number of hydrogen-bond acceptors (Lipinski definition) is 2. The molecular weight excluding hydrogens is 244 g/mol. The molecule has 2 nitrogen and oxygen atoms in total. The number of benzene rings is 2. The summed E-state index contributed by atoms with van der Waals surface area (Å²) < 4.78 is 0. The van der Waals surface area contributed by atoms with Crippen LogP contribution in [0.25, 0.3) is 21.9 Å². The van der Waals surface area contributed by atoms with Gasteiger partial charge < -0.3 is 5.73 Å². The van der Waals surface area contributed by atoms with E-state index in [4.69, 9.17) is 17.3 Å². The van der Waals surface area contributed by atoms with Crippen molar-refractivity contribution in [2.45, 2.75) is 0 Å².